The van der Waals surface area contributed by atoms with E-state index in [9.17, 15) is 13.6 Å². The number of likely N-dealkylation sites (tertiary alicyclic amines) is 1. The van der Waals surface area contributed by atoms with Gasteiger partial charge in [0, 0.05) is 30.6 Å². The molecule has 0 spiro atoms. The Hall–Kier alpha value is -3.65. The van der Waals surface area contributed by atoms with E-state index in [-0.39, 0.29) is 23.6 Å². The van der Waals surface area contributed by atoms with Crippen LogP contribution in [0.4, 0.5) is 13.6 Å². The minimum atomic E-state index is -0.648. The summed E-state index contributed by atoms with van der Waals surface area (Å²) in [5, 5.41) is 12.8. The third kappa shape index (κ3) is 5.22. The minimum Gasteiger partial charge on any atom is -0.327 e. The van der Waals surface area contributed by atoms with Crippen molar-refractivity contribution in [1.82, 2.24) is 20.4 Å². The van der Waals surface area contributed by atoms with Crippen molar-refractivity contribution in [3.8, 4) is 10.6 Å². The van der Waals surface area contributed by atoms with Crippen LogP contribution in [-0.4, -0.2) is 34.2 Å². The molecule has 4 aromatic rings. The van der Waals surface area contributed by atoms with Crippen LogP contribution < -0.4 is 5.32 Å². The SMILES string of the molecule is O=C(NC(c1ccccc1)c1ccccc1)N1CCC(c2nnc(-c3ccc(F)cc3F)s2)CC1. The summed E-state index contributed by atoms with van der Waals surface area (Å²) in [6.07, 6.45) is 1.49. The maximum atomic E-state index is 14.1. The molecule has 0 aliphatic carbocycles. The van der Waals surface area contributed by atoms with Crippen molar-refractivity contribution >= 4 is 17.4 Å². The number of hydrogen-bond acceptors (Lipinski definition) is 4. The molecule has 2 heterocycles. The zero-order valence-corrected chi connectivity index (χ0v) is 19.7. The molecular formula is C27H24F2N4OS. The van der Waals surface area contributed by atoms with Gasteiger partial charge in [-0.1, -0.05) is 72.0 Å². The zero-order valence-electron chi connectivity index (χ0n) is 18.9. The Labute approximate surface area is 206 Å². The highest BCUT2D eigenvalue weighted by molar-refractivity contribution is 7.14. The van der Waals surface area contributed by atoms with Crippen molar-refractivity contribution in [3.05, 3.63) is 107 Å². The van der Waals surface area contributed by atoms with Gasteiger partial charge in [-0.25, -0.2) is 13.6 Å². The highest BCUT2D eigenvalue weighted by atomic mass is 32.1. The van der Waals surface area contributed by atoms with E-state index in [1.807, 2.05) is 65.6 Å². The van der Waals surface area contributed by atoms with Gasteiger partial charge >= 0.3 is 6.03 Å². The number of halogens is 2. The fourth-order valence-electron chi connectivity index (χ4n) is 4.37. The smallest absolute Gasteiger partial charge is 0.318 e. The molecule has 0 radical (unpaired) electrons. The lowest BCUT2D eigenvalue weighted by Gasteiger charge is -2.32. The standard InChI is InChI=1S/C27H24F2N4OS/c28-21-11-12-22(23(29)17-21)26-32-31-25(35-26)20-13-15-33(16-14-20)27(34)30-24(18-7-3-1-4-8-18)19-9-5-2-6-10-19/h1-12,17,20,24H,13-16H2,(H,30,34). The number of aromatic nitrogens is 2. The number of urea groups is 1. The van der Waals surface area contributed by atoms with Crippen LogP contribution in [0.15, 0.2) is 78.9 Å². The topological polar surface area (TPSA) is 58.1 Å². The molecule has 0 unspecified atom stereocenters. The van der Waals surface area contributed by atoms with Gasteiger partial charge in [-0.15, -0.1) is 10.2 Å². The molecule has 2 amide bonds. The third-order valence-corrected chi connectivity index (χ3v) is 7.39. The molecule has 1 saturated heterocycles. The summed E-state index contributed by atoms with van der Waals surface area (Å²) in [7, 11) is 0. The lowest BCUT2D eigenvalue weighted by molar-refractivity contribution is 0.179. The van der Waals surface area contributed by atoms with E-state index in [4.69, 9.17) is 0 Å². The maximum absolute atomic E-state index is 14.1. The number of hydrogen-bond donors (Lipinski definition) is 1. The van der Waals surface area contributed by atoms with Crippen molar-refractivity contribution in [1.29, 1.82) is 0 Å². The second-order valence-electron chi connectivity index (χ2n) is 8.53. The first-order valence-corrected chi connectivity index (χ1v) is 12.3. The summed E-state index contributed by atoms with van der Waals surface area (Å²) in [4.78, 5) is 15.0. The Balaban J connectivity index is 1.24. The largest absolute Gasteiger partial charge is 0.327 e. The number of benzene rings is 3. The van der Waals surface area contributed by atoms with Crippen LogP contribution in [0, 0.1) is 11.6 Å². The fraction of sp³-hybridized carbons (Fsp3) is 0.222. The Kier molecular flexibility index (Phi) is 6.81. The lowest BCUT2D eigenvalue weighted by Crippen LogP contribution is -2.45. The molecule has 0 bridgehead atoms. The molecule has 5 rings (SSSR count). The molecule has 178 valence electrons. The quantitative estimate of drug-likeness (QED) is 0.364. The van der Waals surface area contributed by atoms with Gasteiger partial charge in [0.1, 0.15) is 16.6 Å². The molecular weight excluding hydrogens is 466 g/mol. The number of nitrogens with one attached hydrogen (secondary N) is 1. The van der Waals surface area contributed by atoms with Gasteiger partial charge in [0.2, 0.25) is 0 Å². The van der Waals surface area contributed by atoms with Crippen LogP contribution >= 0.6 is 11.3 Å². The molecule has 3 aromatic carbocycles. The van der Waals surface area contributed by atoms with E-state index in [1.54, 1.807) is 0 Å². The molecule has 0 atom stereocenters. The van der Waals surface area contributed by atoms with Gasteiger partial charge < -0.3 is 10.2 Å². The summed E-state index contributed by atoms with van der Waals surface area (Å²) >= 11 is 1.32. The van der Waals surface area contributed by atoms with Gasteiger partial charge in [0.05, 0.1) is 6.04 Å². The molecule has 1 aliphatic heterocycles. The first-order valence-electron chi connectivity index (χ1n) is 11.5. The van der Waals surface area contributed by atoms with Crippen LogP contribution in [0.5, 0.6) is 0 Å². The number of piperidine rings is 1. The van der Waals surface area contributed by atoms with Gasteiger partial charge in [0.15, 0.2) is 5.01 Å². The van der Waals surface area contributed by atoms with Crippen molar-refractivity contribution in [2.75, 3.05) is 13.1 Å². The van der Waals surface area contributed by atoms with Gasteiger partial charge in [-0.2, -0.15) is 0 Å². The van der Waals surface area contributed by atoms with Crippen LogP contribution in [-0.2, 0) is 0 Å². The summed E-state index contributed by atoms with van der Waals surface area (Å²) < 4.78 is 27.3. The molecule has 5 nitrogen and oxygen atoms in total. The van der Waals surface area contributed by atoms with Crippen LogP contribution in [0.3, 0.4) is 0 Å². The van der Waals surface area contributed by atoms with Crippen molar-refractivity contribution in [2.45, 2.75) is 24.8 Å². The average molecular weight is 491 g/mol. The summed E-state index contributed by atoms with van der Waals surface area (Å²) in [6, 6.07) is 23.0. The Morgan fingerprint density at radius 3 is 2.14 bits per heavy atom. The number of carbonyl (C=O) groups is 1. The highest BCUT2D eigenvalue weighted by Gasteiger charge is 2.28. The van der Waals surface area contributed by atoms with E-state index < -0.39 is 11.6 Å². The fourth-order valence-corrected chi connectivity index (χ4v) is 5.40. The second kappa shape index (κ2) is 10.3. The van der Waals surface area contributed by atoms with Gasteiger partial charge in [-0.3, -0.25) is 0 Å². The second-order valence-corrected chi connectivity index (χ2v) is 9.54. The normalized spacial score (nSPS) is 14.3. The molecule has 8 heteroatoms. The van der Waals surface area contributed by atoms with Crippen molar-refractivity contribution in [2.24, 2.45) is 0 Å². The highest BCUT2D eigenvalue weighted by Crippen LogP contribution is 2.34. The summed E-state index contributed by atoms with van der Waals surface area (Å²) in [5.41, 5.74) is 2.30. The number of rotatable bonds is 5. The maximum Gasteiger partial charge on any atom is 0.318 e. The van der Waals surface area contributed by atoms with Gasteiger partial charge in [-0.05, 0) is 36.1 Å². The summed E-state index contributed by atoms with van der Waals surface area (Å²) in [6.45, 7) is 1.18. The van der Waals surface area contributed by atoms with E-state index in [1.165, 1.54) is 23.5 Å². The van der Waals surface area contributed by atoms with E-state index >= 15 is 0 Å². The van der Waals surface area contributed by atoms with Crippen molar-refractivity contribution in [3.63, 3.8) is 0 Å². The zero-order chi connectivity index (χ0) is 24.2. The monoisotopic (exact) mass is 490 g/mol. The lowest BCUT2D eigenvalue weighted by atomic mass is 9.97. The first kappa shape index (κ1) is 23.1. The van der Waals surface area contributed by atoms with Gasteiger partial charge in [0.25, 0.3) is 0 Å². The van der Waals surface area contributed by atoms with E-state index in [2.05, 4.69) is 15.5 Å². The molecule has 0 saturated carbocycles. The predicted molar refractivity (Wildman–Crippen MR) is 132 cm³/mol. The molecule has 35 heavy (non-hydrogen) atoms. The first-order chi connectivity index (χ1) is 17.1. The number of carbonyl (C=O) groups excluding carboxylic acids is 1. The molecule has 1 N–H and O–H groups in total. The van der Waals surface area contributed by atoms with E-state index in [0.29, 0.717) is 18.1 Å². The molecule has 1 aliphatic rings. The molecule has 1 fully saturated rings. The van der Waals surface area contributed by atoms with E-state index in [0.717, 1.165) is 35.0 Å². The predicted octanol–water partition coefficient (Wildman–Crippen LogP) is 6.16. The van der Waals surface area contributed by atoms with Crippen LogP contribution in [0.2, 0.25) is 0 Å². The Morgan fingerprint density at radius 2 is 1.54 bits per heavy atom. The van der Waals surface area contributed by atoms with Crippen LogP contribution in [0.25, 0.3) is 10.6 Å². The third-order valence-electron chi connectivity index (χ3n) is 6.27. The Bertz CT molecular complexity index is 1250. The number of amides is 2. The Morgan fingerprint density at radius 1 is 0.914 bits per heavy atom. The van der Waals surface area contributed by atoms with Crippen LogP contribution in [0.1, 0.15) is 40.9 Å². The average Bonchev–Trinajstić information content (AvgIpc) is 3.38. The molecule has 1 aromatic heterocycles. The summed E-state index contributed by atoms with van der Waals surface area (Å²) in [5.74, 6) is -1.12. The minimum absolute atomic E-state index is 0.104. The van der Waals surface area contributed by atoms with Crippen molar-refractivity contribution < 1.29 is 13.6 Å². The number of nitrogens with zero attached hydrogens (tertiary/aromatic N) is 3.